The minimum atomic E-state index is 1.05. The van der Waals surface area contributed by atoms with Crippen LogP contribution >= 0.6 is 0 Å². The van der Waals surface area contributed by atoms with Gasteiger partial charge in [0.25, 0.3) is 0 Å². The van der Waals surface area contributed by atoms with Crippen LogP contribution in [0.1, 0.15) is 37.8 Å². The van der Waals surface area contributed by atoms with Crippen LogP contribution < -0.4 is 0 Å². The Morgan fingerprint density at radius 1 is 1.17 bits per heavy atom. The molecule has 0 heterocycles. The highest BCUT2D eigenvalue weighted by atomic mass is 14.1. The SMILES string of the molecule is C\C=C(CC)/C1=C/C=C\Cc2ccccc2CC1. The first-order valence-corrected chi connectivity index (χ1v) is 6.93. The highest BCUT2D eigenvalue weighted by Gasteiger charge is 2.06. The van der Waals surface area contributed by atoms with Gasteiger partial charge in [0.1, 0.15) is 0 Å². The number of allylic oxidation sites excluding steroid dienone is 6. The van der Waals surface area contributed by atoms with E-state index >= 15 is 0 Å². The van der Waals surface area contributed by atoms with Gasteiger partial charge in [-0.3, -0.25) is 0 Å². The normalized spacial score (nSPS) is 21.0. The van der Waals surface area contributed by atoms with Crippen molar-refractivity contribution < 1.29 is 0 Å². The topological polar surface area (TPSA) is 0 Å². The van der Waals surface area contributed by atoms with Gasteiger partial charge >= 0.3 is 0 Å². The van der Waals surface area contributed by atoms with Crippen molar-refractivity contribution in [3.63, 3.8) is 0 Å². The van der Waals surface area contributed by atoms with Gasteiger partial charge in [-0.2, -0.15) is 0 Å². The summed E-state index contributed by atoms with van der Waals surface area (Å²) in [5.41, 5.74) is 5.95. The second-order valence-electron chi connectivity index (χ2n) is 4.76. The Morgan fingerprint density at radius 2 is 1.94 bits per heavy atom. The lowest BCUT2D eigenvalue weighted by molar-refractivity contribution is 0.913. The van der Waals surface area contributed by atoms with E-state index in [2.05, 4.69) is 62.4 Å². The minimum absolute atomic E-state index is 1.05. The molecule has 0 N–H and O–H groups in total. The number of aryl methyl sites for hydroxylation is 1. The zero-order valence-corrected chi connectivity index (χ0v) is 11.4. The molecule has 0 bridgehead atoms. The molecule has 0 atom stereocenters. The molecule has 1 aliphatic rings. The number of benzene rings is 1. The number of hydrogen-bond acceptors (Lipinski definition) is 0. The van der Waals surface area contributed by atoms with Crippen LogP contribution in [0.25, 0.3) is 0 Å². The predicted octanol–water partition coefficient (Wildman–Crippen LogP) is 5.01. The van der Waals surface area contributed by atoms with Crippen LogP contribution in [-0.4, -0.2) is 0 Å². The Kier molecular flexibility index (Phi) is 4.58. The summed E-state index contributed by atoms with van der Waals surface area (Å²) >= 11 is 0. The second-order valence-corrected chi connectivity index (χ2v) is 4.76. The lowest BCUT2D eigenvalue weighted by atomic mass is 9.94. The fraction of sp³-hybridized carbons (Fsp3) is 0.333. The first-order valence-electron chi connectivity index (χ1n) is 6.93. The third-order valence-corrected chi connectivity index (χ3v) is 3.70. The highest BCUT2D eigenvalue weighted by molar-refractivity contribution is 5.37. The molecule has 0 saturated heterocycles. The van der Waals surface area contributed by atoms with Gasteiger partial charge < -0.3 is 0 Å². The maximum atomic E-state index is 2.30. The first kappa shape index (κ1) is 12.9. The molecule has 18 heavy (non-hydrogen) atoms. The Hall–Kier alpha value is -1.56. The number of fused-ring (bicyclic) bond motifs is 1. The van der Waals surface area contributed by atoms with Gasteiger partial charge in [-0.25, -0.2) is 0 Å². The van der Waals surface area contributed by atoms with E-state index in [0.29, 0.717) is 0 Å². The van der Waals surface area contributed by atoms with Crippen LogP contribution in [0.2, 0.25) is 0 Å². The molecule has 1 aromatic rings. The summed E-state index contributed by atoms with van der Waals surface area (Å²) in [6, 6.07) is 8.82. The maximum absolute atomic E-state index is 2.30. The lowest BCUT2D eigenvalue weighted by Gasteiger charge is -2.11. The van der Waals surface area contributed by atoms with Crippen molar-refractivity contribution >= 4 is 0 Å². The molecular weight excluding hydrogens is 216 g/mol. The fourth-order valence-corrected chi connectivity index (χ4v) is 2.62. The summed E-state index contributed by atoms with van der Waals surface area (Å²) in [6.07, 6.45) is 13.5. The standard InChI is InChI=1S/C18H22/c1-3-15(4-2)17-11-7-5-9-16-10-6-8-12-18(16)14-13-17/h3,5-8,10-12H,4,9,13-14H2,1-2H3/b7-5-,15-3-,17-11+. The summed E-state index contributed by atoms with van der Waals surface area (Å²) in [5.74, 6) is 0. The average Bonchev–Trinajstić information content (AvgIpc) is 2.51. The summed E-state index contributed by atoms with van der Waals surface area (Å²) in [5, 5.41) is 0. The summed E-state index contributed by atoms with van der Waals surface area (Å²) in [7, 11) is 0. The Morgan fingerprint density at radius 3 is 2.67 bits per heavy atom. The quantitative estimate of drug-likeness (QED) is 0.679. The van der Waals surface area contributed by atoms with Gasteiger partial charge in [-0.05, 0) is 54.9 Å². The summed E-state index contributed by atoms with van der Waals surface area (Å²) in [6.45, 7) is 4.38. The molecule has 0 aromatic heterocycles. The third kappa shape index (κ3) is 3.01. The van der Waals surface area contributed by atoms with E-state index in [1.54, 1.807) is 0 Å². The van der Waals surface area contributed by atoms with Crippen molar-refractivity contribution in [3.8, 4) is 0 Å². The van der Waals surface area contributed by atoms with Crippen molar-refractivity contribution in [1.29, 1.82) is 0 Å². The van der Waals surface area contributed by atoms with Gasteiger partial charge in [0, 0.05) is 0 Å². The maximum Gasteiger partial charge on any atom is -0.00916 e. The van der Waals surface area contributed by atoms with Crippen molar-refractivity contribution in [3.05, 3.63) is 70.8 Å². The molecule has 0 amide bonds. The smallest absolute Gasteiger partial charge is 0.00916 e. The van der Waals surface area contributed by atoms with Crippen LogP contribution in [-0.2, 0) is 12.8 Å². The van der Waals surface area contributed by atoms with E-state index in [9.17, 15) is 0 Å². The van der Waals surface area contributed by atoms with Crippen LogP contribution in [0.15, 0.2) is 59.7 Å². The number of rotatable bonds is 2. The molecular formula is C18H22. The van der Waals surface area contributed by atoms with E-state index in [4.69, 9.17) is 0 Å². The van der Waals surface area contributed by atoms with Crippen molar-refractivity contribution in [2.75, 3.05) is 0 Å². The molecule has 0 spiro atoms. The monoisotopic (exact) mass is 238 g/mol. The summed E-state index contributed by atoms with van der Waals surface area (Å²) < 4.78 is 0. The molecule has 0 unspecified atom stereocenters. The van der Waals surface area contributed by atoms with E-state index < -0.39 is 0 Å². The molecule has 0 heteroatoms. The third-order valence-electron chi connectivity index (χ3n) is 3.70. The molecule has 0 radical (unpaired) electrons. The van der Waals surface area contributed by atoms with E-state index in [-0.39, 0.29) is 0 Å². The molecule has 1 aromatic carbocycles. The molecule has 0 fully saturated rings. The fourth-order valence-electron chi connectivity index (χ4n) is 2.62. The molecule has 1 aliphatic carbocycles. The highest BCUT2D eigenvalue weighted by Crippen LogP contribution is 2.23. The van der Waals surface area contributed by atoms with E-state index in [0.717, 1.165) is 25.7 Å². The van der Waals surface area contributed by atoms with Crippen molar-refractivity contribution in [2.24, 2.45) is 0 Å². The Bertz CT molecular complexity index is 487. The Balaban J connectivity index is 2.26. The lowest BCUT2D eigenvalue weighted by Crippen LogP contribution is -1.95. The summed E-state index contributed by atoms with van der Waals surface area (Å²) in [4.78, 5) is 0. The molecule has 94 valence electrons. The van der Waals surface area contributed by atoms with Gasteiger partial charge in [0.2, 0.25) is 0 Å². The van der Waals surface area contributed by atoms with Crippen LogP contribution in [0.3, 0.4) is 0 Å². The van der Waals surface area contributed by atoms with Gasteiger partial charge in [0.15, 0.2) is 0 Å². The zero-order chi connectivity index (χ0) is 12.8. The van der Waals surface area contributed by atoms with Crippen LogP contribution in [0, 0.1) is 0 Å². The molecule has 0 aliphatic heterocycles. The zero-order valence-electron chi connectivity index (χ0n) is 11.4. The largest absolute Gasteiger partial charge is 0.0842 e. The first-order chi connectivity index (χ1) is 8.85. The van der Waals surface area contributed by atoms with Crippen molar-refractivity contribution in [1.82, 2.24) is 0 Å². The second kappa shape index (κ2) is 6.39. The molecule has 0 saturated carbocycles. The van der Waals surface area contributed by atoms with Gasteiger partial charge in [0.05, 0.1) is 0 Å². The van der Waals surface area contributed by atoms with Crippen LogP contribution in [0.4, 0.5) is 0 Å². The van der Waals surface area contributed by atoms with Crippen molar-refractivity contribution in [2.45, 2.75) is 39.5 Å². The Labute approximate surface area is 111 Å². The molecule has 2 rings (SSSR count). The van der Waals surface area contributed by atoms with Gasteiger partial charge in [-0.1, -0.05) is 55.5 Å². The van der Waals surface area contributed by atoms with Crippen LogP contribution in [0.5, 0.6) is 0 Å². The van der Waals surface area contributed by atoms with E-state index in [1.165, 1.54) is 22.3 Å². The minimum Gasteiger partial charge on any atom is -0.0842 e. The number of hydrogen-bond donors (Lipinski definition) is 0. The molecule has 0 nitrogen and oxygen atoms in total. The average molecular weight is 238 g/mol. The predicted molar refractivity (Wildman–Crippen MR) is 79.7 cm³/mol. The van der Waals surface area contributed by atoms with E-state index in [1.807, 2.05) is 0 Å². The van der Waals surface area contributed by atoms with Gasteiger partial charge in [-0.15, -0.1) is 0 Å².